The first kappa shape index (κ1) is 21.3. The quantitative estimate of drug-likeness (QED) is 0.571. The van der Waals surface area contributed by atoms with E-state index in [1.54, 1.807) is 6.07 Å². The zero-order valence-corrected chi connectivity index (χ0v) is 15.4. The van der Waals surface area contributed by atoms with Crippen LogP contribution in [0.3, 0.4) is 0 Å². The first-order chi connectivity index (χ1) is 13.4. The van der Waals surface area contributed by atoms with Gasteiger partial charge in [0.15, 0.2) is 0 Å². The van der Waals surface area contributed by atoms with Gasteiger partial charge in [0, 0.05) is 24.5 Å². The Bertz CT molecular complexity index is 903. The molecule has 0 saturated heterocycles. The lowest BCUT2D eigenvalue weighted by Crippen LogP contribution is -2.11. The molecule has 0 unspecified atom stereocenters. The summed E-state index contributed by atoms with van der Waals surface area (Å²) in [5, 5.41) is 7.88. The number of aromatic nitrogens is 1. The predicted octanol–water partition coefficient (Wildman–Crippen LogP) is 5.39. The number of alkyl halides is 3. The SMILES string of the molecule is CCCn1ccc2c(OCCc3ccccc3C(F)(F)F)cccc21.O=CO. The van der Waals surface area contributed by atoms with Crippen molar-refractivity contribution in [1.82, 2.24) is 4.57 Å². The Labute approximate surface area is 161 Å². The van der Waals surface area contributed by atoms with E-state index in [9.17, 15) is 13.2 Å². The van der Waals surface area contributed by atoms with Gasteiger partial charge in [-0.15, -0.1) is 0 Å². The zero-order valence-electron chi connectivity index (χ0n) is 15.4. The van der Waals surface area contributed by atoms with Gasteiger partial charge in [0.2, 0.25) is 0 Å². The maximum atomic E-state index is 13.0. The molecule has 0 amide bonds. The van der Waals surface area contributed by atoms with Crippen LogP contribution in [0.25, 0.3) is 10.9 Å². The van der Waals surface area contributed by atoms with Crippen LogP contribution in [0.5, 0.6) is 5.75 Å². The molecule has 7 heteroatoms. The molecule has 3 rings (SSSR count). The highest BCUT2D eigenvalue weighted by molar-refractivity contribution is 5.86. The van der Waals surface area contributed by atoms with Crippen molar-refractivity contribution >= 4 is 17.4 Å². The number of nitrogens with zero attached hydrogens (tertiary/aromatic N) is 1. The summed E-state index contributed by atoms with van der Waals surface area (Å²) >= 11 is 0. The van der Waals surface area contributed by atoms with Gasteiger partial charge in [-0.1, -0.05) is 31.2 Å². The Kier molecular flexibility index (Phi) is 7.49. The minimum atomic E-state index is -4.34. The molecule has 0 atom stereocenters. The molecule has 0 aliphatic rings. The van der Waals surface area contributed by atoms with Crippen LogP contribution in [0.4, 0.5) is 13.2 Å². The fourth-order valence-corrected chi connectivity index (χ4v) is 3.04. The second-order valence-corrected chi connectivity index (χ2v) is 6.06. The van der Waals surface area contributed by atoms with Crippen molar-refractivity contribution < 1.29 is 27.8 Å². The number of carbonyl (C=O) groups is 1. The van der Waals surface area contributed by atoms with Crippen molar-refractivity contribution in [3.63, 3.8) is 0 Å². The van der Waals surface area contributed by atoms with Gasteiger partial charge < -0.3 is 14.4 Å². The van der Waals surface area contributed by atoms with Crippen molar-refractivity contribution in [2.24, 2.45) is 0 Å². The van der Waals surface area contributed by atoms with E-state index in [4.69, 9.17) is 14.6 Å². The van der Waals surface area contributed by atoms with Crippen LogP contribution < -0.4 is 4.74 Å². The van der Waals surface area contributed by atoms with E-state index in [-0.39, 0.29) is 25.1 Å². The topological polar surface area (TPSA) is 51.5 Å². The molecule has 150 valence electrons. The first-order valence-corrected chi connectivity index (χ1v) is 8.86. The molecule has 1 heterocycles. The summed E-state index contributed by atoms with van der Waals surface area (Å²) in [5.41, 5.74) is 0.742. The number of carboxylic acid groups (broad SMARTS) is 1. The highest BCUT2D eigenvalue weighted by Gasteiger charge is 2.32. The van der Waals surface area contributed by atoms with Crippen molar-refractivity contribution in [2.75, 3.05) is 6.61 Å². The van der Waals surface area contributed by atoms with E-state index in [0.717, 1.165) is 29.9 Å². The Morgan fingerprint density at radius 1 is 1.11 bits per heavy atom. The van der Waals surface area contributed by atoms with Crippen LogP contribution in [-0.2, 0) is 23.9 Å². The summed E-state index contributed by atoms with van der Waals surface area (Å²) in [6, 6.07) is 13.4. The fourth-order valence-electron chi connectivity index (χ4n) is 3.04. The lowest BCUT2D eigenvalue weighted by atomic mass is 10.0. The van der Waals surface area contributed by atoms with Crippen molar-refractivity contribution in [3.05, 3.63) is 65.9 Å². The fraction of sp³-hybridized carbons (Fsp3) is 0.286. The third kappa shape index (κ3) is 5.28. The molecule has 0 bridgehead atoms. The molecule has 4 nitrogen and oxygen atoms in total. The number of halogens is 3. The molecule has 0 spiro atoms. The van der Waals surface area contributed by atoms with E-state index in [1.807, 2.05) is 30.5 Å². The van der Waals surface area contributed by atoms with Crippen molar-refractivity contribution in [1.29, 1.82) is 0 Å². The van der Waals surface area contributed by atoms with Crippen LogP contribution in [0.15, 0.2) is 54.7 Å². The zero-order chi connectivity index (χ0) is 20.6. The van der Waals surface area contributed by atoms with Gasteiger partial charge in [0.1, 0.15) is 5.75 Å². The Balaban J connectivity index is 0.000000878. The van der Waals surface area contributed by atoms with E-state index >= 15 is 0 Å². The summed E-state index contributed by atoms with van der Waals surface area (Å²) in [6.45, 7) is 2.99. The van der Waals surface area contributed by atoms with Crippen LogP contribution in [0, 0.1) is 0 Å². The number of ether oxygens (including phenoxy) is 1. The van der Waals surface area contributed by atoms with Crippen LogP contribution >= 0.6 is 0 Å². The largest absolute Gasteiger partial charge is 0.493 e. The molecule has 2 aromatic carbocycles. The minimum Gasteiger partial charge on any atom is -0.493 e. The number of rotatable bonds is 6. The molecule has 3 aromatic rings. The summed E-state index contributed by atoms with van der Waals surface area (Å²) in [4.78, 5) is 8.36. The maximum Gasteiger partial charge on any atom is 0.416 e. The van der Waals surface area contributed by atoms with Crippen LogP contribution in [-0.4, -0.2) is 22.8 Å². The van der Waals surface area contributed by atoms with E-state index in [1.165, 1.54) is 12.1 Å². The van der Waals surface area contributed by atoms with Crippen LogP contribution in [0.1, 0.15) is 24.5 Å². The average molecular weight is 393 g/mol. The van der Waals surface area contributed by atoms with Crippen molar-refractivity contribution in [3.8, 4) is 5.75 Å². The minimum absolute atomic E-state index is 0.200. The van der Waals surface area contributed by atoms with Gasteiger partial charge in [0.05, 0.1) is 17.7 Å². The molecule has 1 aromatic heterocycles. The lowest BCUT2D eigenvalue weighted by molar-refractivity contribution is -0.138. The number of hydrogen-bond acceptors (Lipinski definition) is 2. The summed E-state index contributed by atoms with van der Waals surface area (Å²) in [6.07, 6.45) is -1.08. The Morgan fingerprint density at radius 2 is 1.82 bits per heavy atom. The monoisotopic (exact) mass is 393 g/mol. The smallest absolute Gasteiger partial charge is 0.416 e. The molecule has 0 aliphatic carbocycles. The molecule has 0 aliphatic heterocycles. The third-order valence-electron chi connectivity index (χ3n) is 4.19. The van der Waals surface area contributed by atoms with E-state index < -0.39 is 11.7 Å². The molecule has 0 radical (unpaired) electrons. The number of hydrogen-bond donors (Lipinski definition) is 1. The predicted molar refractivity (Wildman–Crippen MR) is 102 cm³/mol. The third-order valence-corrected chi connectivity index (χ3v) is 4.19. The molecule has 0 saturated carbocycles. The summed E-state index contributed by atoms with van der Waals surface area (Å²) < 4.78 is 47.1. The number of aryl methyl sites for hydroxylation is 1. The standard InChI is InChI=1S/C20H20F3NO.CH2O2/c1-2-12-24-13-10-16-18(24)8-5-9-19(16)25-14-11-15-6-3-4-7-17(15)20(21,22)23;2-1-3/h3-10,13H,2,11-12,14H2,1H3;1H,(H,2,3). The maximum absolute atomic E-state index is 13.0. The van der Waals surface area contributed by atoms with Gasteiger partial charge in [-0.3, -0.25) is 4.79 Å². The highest BCUT2D eigenvalue weighted by atomic mass is 19.4. The van der Waals surface area contributed by atoms with E-state index in [2.05, 4.69) is 11.5 Å². The molecular weight excluding hydrogens is 371 g/mol. The van der Waals surface area contributed by atoms with Gasteiger partial charge in [-0.2, -0.15) is 13.2 Å². The lowest BCUT2D eigenvalue weighted by Gasteiger charge is -2.13. The first-order valence-electron chi connectivity index (χ1n) is 8.86. The number of benzene rings is 2. The average Bonchev–Trinajstić information content (AvgIpc) is 3.06. The normalized spacial score (nSPS) is 11.0. The highest BCUT2D eigenvalue weighted by Crippen LogP contribution is 2.32. The van der Waals surface area contributed by atoms with Gasteiger partial charge in [0.25, 0.3) is 6.47 Å². The number of fused-ring (bicyclic) bond motifs is 1. The summed E-state index contributed by atoms with van der Waals surface area (Å²) in [7, 11) is 0. The molecular formula is C21H22F3NO3. The second-order valence-electron chi connectivity index (χ2n) is 6.06. The molecule has 1 N–H and O–H groups in total. The summed E-state index contributed by atoms with van der Waals surface area (Å²) in [5.74, 6) is 0.705. The Morgan fingerprint density at radius 3 is 2.50 bits per heavy atom. The second kappa shape index (κ2) is 9.82. The molecule has 28 heavy (non-hydrogen) atoms. The van der Waals surface area contributed by atoms with Gasteiger partial charge >= 0.3 is 6.18 Å². The Hall–Kier alpha value is -2.96. The van der Waals surface area contributed by atoms with Crippen LogP contribution in [0.2, 0.25) is 0 Å². The van der Waals surface area contributed by atoms with Gasteiger partial charge in [-0.05, 0) is 36.2 Å². The van der Waals surface area contributed by atoms with Gasteiger partial charge in [-0.25, -0.2) is 0 Å². The van der Waals surface area contributed by atoms with E-state index in [0.29, 0.717) is 5.75 Å². The van der Waals surface area contributed by atoms with Crippen molar-refractivity contribution in [2.45, 2.75) is 32.5 Å². The molecule has 0 fully saturated rings.